The van der Waals surface area contributed by atoms with Crippen molar-refractivity contribution in [2.75, 3.05) is 31.3 Å². The third-order valence-corrected chi connectivity index (χ3v) is 7.18. The van der Waals surface area contributed by atoms with E-state index in [1.54, 1.807) is 6.07 Å². The molecule has 0 saturated carbocycles. The fraction of sp³-hybridized carbons (Fsp3) is 0.391. The molecule has 3 heterocycles. The number of nitrogens with zero attached hydrogens (tertiary/aromatic N) is 4. The highest BCUT2D eigenvalue weighted by molar-refractivity contribution is 7.51. The number of Topliss-reactive ketones (excluding diaryl/α,β-unsaturated/α-hetero) is 1. The highest BCUT2D eigenvalue weighted by atomic mass is 31.2. The molecule has 0 unspecified atom stereocenters. The summed E-state index contributed by atoms with van der Waals surface area (Å²) in [5.41, 5.74) is -0.401. The number of aromatic nitrogens is 3. The van der Waals surface area contributed by atoms with Crippen molar-refractivity contribution in [2.45, 2.75) is 25.8 Å². The van der Waals surface area contributed by atoms with Gasteiger partial charge in [0.2, 0.25) is 5.88 Å². The van der Waals surface area contributed by atoms with E-state index in [4.69, 9.17) is 14.5 Å². The second kappa shape index (κ2) is 10.3. The van der Waals surface area contributed by atoms with Gasteiger partial charge in [0, 0.05) is 30.1 Å². The van der Waals surface area contributed by atoms with E-state index in [2.05, 4.69) is 10.1 Å². The topological polar surface area (TPSA) is 175 Å². The smallest absolute Gasteiger partial charge is 0.325 e. The Morgan fingerprint density at radius 3 is 2.53 bits per heavy atom. The summed E-state index contributed by atoms with van der Waals surface area (Å²) in [6.45, 7) is 0.693. The third kappa shape index (κ3) is 5.67. The van der Waals surface area contributed by atoms with Gasteiger partial charge in [-0.2, -0.15) is 10.1 Å². The van der Waals surface area contributed by atoms with Crippen LogP contribution in [0.3, 0.4) is 0 Å². The lowest BCUT2D eigenvalue weighted by Crippen LogP contribution is -2.36. The number of piperidine rings is 1. The van der Waals surface area contributed by atoms with E-state index in [0.717, 1.165) is 10.7 Å². The van der Waals surface area contributed by atoms with Crippen molar-refractivity contribution >= 4 is 30.0 Å². The molecule has 1 fully saturated rings. The molecule has 0 radical (unpaired) electrons. The van der Waals surface area contributed by atoms with Crippen molar-refractivity contribution in [2.24, 2.45) is 5.92 Å². The Morgan fingerprint density at radius 1 is 1.17 bits per heavy atom. The van der Waals surface area contributed by atoms with Gasteiger partial charge < -0.3 is 29.6 Å². The third-order valence-electron chi connectivity index (χ3n) is 6.33. The Kier molecular flexibility index (Phi) is 7.30. The number of phenolic OH excluding ortho intramolecular Hbond substituents is 2. The fourth-order valence-corrected chi connectivity index (χ4v) is 5.02. The maximum Gasteiger partial charge on any atom is 0.325 e. The molecular weight excluding hydrogens is 491 g/mol. The van der Waals surface area contributed by atoms with Gasteiger partial charge in [-0.25, -0.2) is 4.68 Å². The summed E-state index contributed by atoms with van der Waals surface area (Å²) in [7, 11) is -2.58. The van der Waals surface area contributed by atoms with Crippen molar-refractivity contribution in [1.29, 1.82) is 0 Å². The second-order valence-corrected chi connectivity index (χ2v) is 10.6. The van der Waals surface area contributed by atoms with Crippen molar-refractivity contribution in [1.82, 2.24) is 14.8 Å². The fourth-order valence-electron chi connectivity index (χ4n) is 4.32. The molecule has 0 spiro atoms. The highest BCUT2D eigenvalue weighted by Gasteiger charge is 2.26. The van der Waals surface area contributed by atoms with Crippen molar-refractivity contribution in [3.8, 4) is 17.4 Å². The number of fused-ring (bicyclic) bond motifs is 1. The van der Waals surface area contributed by atoms with Gasteiger partial charge in [-0.3, -0.25) is 14.2 Å². The molecule has 1 aromatic carbocycles. The molecule has 2 aromatic heterocycles. The van der Waals surface area contributed by atoms with Crippen LogP contribution in [0, 0.1) is 5.92 Å². The molecule has 36 heavy (non-hydrogen) atoms. The van der Waals surface area contributed by atoms with E-state index in [1.807, 2.05) is 4.90 Å². The minimum absolute atomic E-state index is 0.115. The average Bonchev–Trinajstić information content (AvgIpc) is 2.85. The first-order valence-electron chi connectivity index (χ1n) is 11.4. The number of aromatic hydroxyl groups is 2. The van der Waals surface area contributed by atoms with Crippen LogP contribution >= 0.6 is 7.60 Å². The highest BCUT2D eigenvalue weighted by Crippen LogP contribution is 2.38. The Balaban J connectivity index is 1.62. The molecule has 192 valence electrons. The Bertz CT molecular complexity index is 1390. The van der Waals surface area contributed by atoms with E-state index in [1.165, 1.54) is 25.4 Å². The lowest BCUT2D eigenvalue weighted by Gasteiger charge is -2.33. The summed E-state index contributed by atoms with van der Waals surface area (Å²) in [5, 5.41) is 24.1. The lowest BCUT2D eigenvalue weighted by atomic mass is 9.94. The van der Waals surface area contributed by atoms with Crippen molar-refractivity contribution in [3.63, 3.8) is 0 Å². The zero-order valence-electron chi connectivity index (χ0n) is 19.6. The van der Waals surface area contributed by atoms with Crippen LogP contribution in [0.5, 0.6) is 17.4 Å². The monoisotopic (exact) mass is 518 g/mol. The Labute approximate surface area is 205 Å². The molecule has 3 aromatic rings. The molecule has 1 saturated heterocycles. The Hall–Kier alpha value is -3.47. The van der Waals surface area contributed by atoms with Gasteiger partial charge in [0.15, 0.2) is 17.3 Å². The van der Waals surface area contributed by atoms with E-state index in [-0.39, 0.29) is 35.3 Å². The van der Waals surface area contributed by atoms with E-state index in [9.17, 15) is 24.4 Å². The van der Waals surface area contributed by atoms with E-state index in [0.29, 0.717) is 49.4 Å². The van der Waals surface area contributed by atoms with Crippen LogP contribution in [0.2, 0.25) is 0 Å². The molecular formula is C23H27N4O8P. The van der Waals surface area contributed by atoms with Crippen LogP contribution < -0.4 is 15.2 Å². The first-order valence-corrected chi connectivity index (χ1v) is 13.1. The molecule has 0 atom stereocenters. The average molecular weight is 518 g/mol. The number of hydrogen-bond donors (Lipinski definition) is 4. The SMILES string of the molecule is COc1cc2cnn(CC(=O)c3ccc(O)c(O)c3)c(=O)c2c(N2CCC(CCP(=O)(O)O)CC2)n1. The number of methoxy groups -OCH3 is 1. The number of phenols is 2. The maximum atomic E-state index is 13.4. The van der Waals surface area contributed by atoms with Crippen LogP contribution in [0.25, 0.3) is 10.8 Å². The zero-order valence-corrected chi connectivity index (χ0v) is 20.5. The van der Waals surface area contributed by atoms with Gasteiger partial charge in [-0.1, -0.05) is 0 Å². The molecule has 13 heteroatoms. The van der Waals surface area contributed by atoms with Gasteiger partial charge in [0.1, 0.15) is 12.4 Å². The first-order chi connectivity index (χ1) is 17.1. The summed E-state index contributed by atoms with van der Waals surface area (Å²) in [6.07, 6.45) is 3.10. The predicted octanol–water partition coefficient (Wildman–Crippen LogP) is 1.88. The van der Waals surface area contributed by atoms with Crippen LogP contribution in [-0.2, 0) is 11.1 Å². The molecule has 4 N–H and O–H groups in total. The number of benzene rings is 1. The number of carbonyl (C=O) groups excluding carboxylic acids is 1. The number of hydrogen-bond acceptors (Lipinski definition) is 9. The van der Waals surface area contributed by atoms with Crippen molar-refractivity contribution in [3.05, 3.63) is 46.4 Å². The number of ether oxygens (including phenoxy) is 1. The summed E-state index contributed by atoms with van der Waals surface area (Å²) in [6, 6.07) is 5.25. The summed E-state index contributed by atoms with van der Waals surface area (Å²) in [4.78, 5) is 50.9. The number of anilines is 1. The zero-order chi connectivity index (χ0) is 26.0. The molecule has 0 aliphatic carbocycles. The maximum absolute atomic E-state index is 13.4. The molecule has 0 amide bonds. The number of carbonyl (C=O) groups is 1. The first kappa shape index (κ1) is 25.6. The van der Waals surface area contributed by atoms with Crippen molar-refractivity contribution < 1.29 is 34.1 Å². The predicted molar refractivity (Wildman–Crippen MR) is 131 cm³/mol. The quantitative estimate of drug-likeness (QED) is 0.195. The minimum atomic E-state index is -4.05. The van der Waals surface area contributed by atoms with Gasteiger partial charge in [-0.05, 0) is 43.4 Å². The van der Waals surface area contributed by atoms with Gasteiger partial charge in [0.25, 0.3) is 5.56 Å². The number of ketones is 1. The minimum Gasteiger partial charge on any atom is -0.504 e. The second-order valence-electron chi connectivity index (χ2n) is 8.79. The molecule has 4 rings (SSSR count). The molecule has 1 aliphatic heterocycles. The van der Waals surface area contributed by atoms with Crippen LogP contribution in [-0.4, -0.2) is 66.9 Å². The molecule has 12 nitrogen and oxygen atoms in total. The van der Waals surface area contributed by atoms with Crippen LogP contribution in [0.4, 0.5) is 5.82 Å². The van der Waals surface area contributed by atoms with E-state index < -0.39 is 24.7 Å². The largest absolute Gasteiger partial charge is 0.504 e. The lowest BCUT2D eigenvalue weighted by molar-refractivity contribution is 0.0965. The number of pyridine rings is 1. The summed E-state index contributed by atoms with van der Waals surface area (Å²) < 4.78 is 17.5. The van der Waals surface area contributed by atoms with Gasteiger partial charge in [-0.15, -0.1) is 0 Å². The van der Waals surface area contributed by atoms with Gasteiger partial charge in [0.05, 0.1) is 24.9 Å². The Morgan fingerprint density at radius 2 is 1.89 bits per heavy atom. The molecule has 0 bridgehead atoms. The van der Waals surface area contributed by atoms with E-state index >= 15 is 0 Å². The number of rotatable bonds is 8. The molecule has 1 aliphatic rings. The van der Waals surface area contributed by atoms with Gasteiger partial charge >= 0.3 is 7.60 Å². The normalized spacial score (nSPS) is 14.8. The van der Waals surface area contributed by atoms with Crippen LogP contribution in [0.1, 0.15) is 29.6 Å². The summed E-state index contributed by atoms with van der Waals surface area (Å²) >= 11 is 0. The summed E-state index contributed by atoms with van der Waals surface area (Å²) in [5.74, 6) is -0.425. The standard InChI is InChI=1S/C23H27N4O8P/c1-35-20-11-16-12-24-27(13-19(30)15-2-3-17(28)18(29)10-15)23(31)21(16)22(25-20)26-7-4-14(5-8-26)6-9-36(32,33)34/h2-3,10-12,14,28-29H,4-9,13H2,1H3,(H2,32,33,34). The van der Waals surface area contributed by atoms with Crippen LogP contribution in [0.15, 0.2) is 35.3 Å².